The van der Waals surface area contributed by atoms with Crippen molar-refractivity contribution < 1.29 is 0 Å². The lowest BCUT2D eigenvalue weighted by atomic mass is 9.92. The highest BCUT2D eigenvalue weighted by Gasteiger charge is 2.12. The van der Waals surface area contributed by atoms with Gasteiger partial charge in [-0.2, -0.15) is 0 Å². The van der Waals surface area contributed by atoms with Crippen LogP contribution in [-0.4, -0.2) is 4.98 Å². The summed E-state index contributed by atoms with van der Waals surface area (Å²) in [5, 5.41) is 10.1. The van der Waals surface area contributed by atoms with E-state index in [4.69, 9.17) is 4.98 Å². The molecule has 0 fully saturated rings. The molecule has 10 rings (SSSR count). The topological polar surface area (TPSA) is 12.9 Å². The van der Waals surface area contributed by atoms with Crippen LogP contribution in [0.2, 0.25) is 0 Å². The summed E-state index contributed by atoms with van der Waals surface area (Å²) in [7, 11) is 0. The van der Waals surface area contributed by atoms with E-state index in [2.05, 4.69) is 194 Å². The van der Waals surface area contributed by atoms with E-state index >= 15 is 0 Å². The van der Waals surface area contributed by atoms with E-state index < -0.39 is 0 Å². The zero-order valence-electron chi connectivity index (χ0n) is 28.5. The molecular formula is C51H33N. The number of nitrogens with zero attached hydrogens (tertiary/aromatic N) is 1. The van der Waals surface area contributed by atoms with Gasteiger partial charge in [-0.05, 0) is 124 Å². The summed E-state index contributed by atoms with van der Waals surface area (Å²) < 4.78 is 0. The van der Waals surface area contributed by atoms with Crippen molar-refractivity contribution in [3.8, 4) is 55.8 Å². The van der Waals surface area contributed by atoms with E-state index in [0.29, 0.717) is 0 Å². The van der Waals surface area contributed by atoms with Gasteiger partial charge in [0, 0.05) is 17.3 Å². The van der Waals surface area contributed by atoms with Gasteiger partial charge < -0.3 is 0 Å². The Kier molecular flexibility index (Phi) is 7.22. The van der Waals surface area contributed by atoms with Crippen molar-refractivity contribution in [2.24, 2.45) is 0 Å². The number of hydrogen-bond donors (Lipinski definition) is 0. The van der Waals surface area contributed by atoms with Crippen LogP contribution in [0.3, 0.4) is 0 Å². The number of rotatable bonds is 5. The zero-order valence-corrected chi connectivity index (χ0v) is 28.5. The molecule has 1 nitrogen and oxygen atoms in total. The highest BCUT2D eigenvalue weighted by atomic mass is 14.7. The molecule has 1 heterocycles. The van der Waals surface area contributed by atoms with Crippen LogP contribution in [0.1, 0.15) is 0 Å². The van der Waals surface area contributed by atoms with Crippen LogP contribution in [0.25, 0.3) is 98.9 Å². The van der Waals surface area contributed by atoms with Gasteiger partial charge in [0.05, 0.1) is 5.69 Å². The van der Waals surface area contributed by atoms with E-state index in [9.17, 15) is 0 Å². The second kappa shape index (κ2) is 12.5. The SMILES string of the molecule is c1ccc2cc(-c3cc(-c4ccc(-c5ccc(-c6cc7ccccc7c7ccccc67)cc5)nc4)cc(-c4ccc5ccccc5c4)c3)ccc2c1. The molecular weight excluding hydrogens is 627 g/mol. The van der Waals surface area contributed by atoms with E-state index in [1.807, 2.05) is 6.20 Å². The molecule has 10 aromatic rings. The number of fused-ring (bicyclic) bond motifs is 5. The van der Waals surface area contributed by atoms with Gasteiger partial charge >= 0.3 is 0 Å². The Morgan fingerprint density at radius 1 is 0.250 bits per heavy atom. The Labute approximate surface area is 303 Å². The minimum absolute atomic E-state index is 0.958. The number of benzene rings is 9. The minimum atomic E-state index is 0.958. The Balaban J connectivity index is 1.02. The van der Waals surface area contributed by atoms with E-state index in [1.165, 1.54) is 76.5 Å². The number of aromatic nitrogens is 1. The molecule has 242 valence electrons. The van der Waals surface area contributed by atoms with E-state index in [-0.39, 0.29) is 0 Å². The first-order valence-electron chi connectivity index (χ1n) is 17.8. The van der Waals surface area contributed by atoms with Gasteiger partial charge in [0.25, 0.3) is 0 Å². The first kappa shape index (κ1) is 30.0. The molecule has 0 unspecified atom stereocenters. The summed E-state index contributed by atoms with van der Waals surface area (Å²) in [6.07, 6.45) is 2.02. The normalized spacial score (nSPS) is 11.5. The molecule has 1 aromatic heterocycles. The molecule has 1 heteroatoms. The summed E-state index contributed by atoms with van der Waals surface area (Å²) in [6.45, 7) is 0. The first-order chi connectivity index (χ1) is 25.7. The van der Waals surface area contributed by atoms with Crippen molar-refractivity contribution in [3.63, 3.8) is 0 Å². The van der Waals surface area contributed by atoms with Gasteiger partial charge in [0.2, 0.25) is 0 Å². The largest absolute Gasteiger partial charge is 0.256 e. The Morgan fingerprint density at radius 2 is 0.712 bits per heavy atom. The summed E-state index contributed by atoms with van der Waals surface area (Å²) >= 11 is 0. The van der Waals surface area contributed by atoms with Gasteiger partial charge in [-0.15, -0.1) is 0 Å². The average Bonchev–Trinajstić information content (AvgIpc) is 3.23. The smallest absolute Gasteiger partial charge is 0.0702 e. The van der Waals surface area contributed by atoms with Crippen LogP contribution in [0.5, 0.6) is 0 Å². The molecule has 9 aromatic carbocycles. The van der Waals surface area contributed by atoms with Gasteiger partial charge in [0.15, 0.2) is 0 Å². The van der Waals surface area contributed by atoms with Crippen molar-refractivity contribution >= 4 is 43.1 Å². The molecule has 52 heavy (non-hydrogen) atoms. The Morgan fingerprint density at radius 3 is 1.31 bits per heavy atom. The molecule has 0 aliphatic heterocycles. The second-order valence-electron chi connectivity index (χ2n) is 13.6. The monoisotopic (exact) mass is 659 g/mol. The Hall–Kier alpha value is -6.83. The molecule has 0 bridgehead atoms. The van der Waals surface area contributed by atoms with Crippen LogP contribution < -0.4 is 0 Å². The molecule has 0 radical (unpaired) electrons. The third-order valence-corrected chi connectivity index (χ3v) is 10.5. The first-order valence-corrected chi connectivity index (χ1v) is 17.8. The highest BCUT2D eigenvalue weighted by molar-refractivity contribution is 6.13. The van der Waals surface area contributed by atoms with Crippen LogP contribution in [0.15, 0.2) is 200 Å². The highest BCUT2D eigenvalue weighted by Crippen LogP contribution is 2.37. The van der Waals surface area contributed by atoms with Crippen molar-refractivity contribution in [3.05, 3.63) is 200 Å². The fourth-order valence-electron chi connectivity index (χ4n) is 7.71. The third-order valence-electron chi connectivity index (χ3n) is 10.5. The maximum Gasteiger partial charge on any atom is 0.0702 e. The van der Waals surface area contributed by atoms with Crippen molar-refractivity contribution in [2.75, 3.05) is 0 Å². The van der Waals surface area contributed by atoms with Crippen LogP contribution >= 0.6 is 0 Å². The summed E-state index contributed by atoms with van der Waals surface area (Å²) in [5.74, 6) is 0. The third kappa shape index (κ3) is 5.41. The Bertz CT molecular complexity index is 2840. The van der Waals surface area contributed by atoms with Gasteiger partial charge in [0.1, 0.15) is 0 Å². The van der Waals surface area contributed by atoms with Crippen molar-refractivity contribution in [2.45, 2.75) is 0 Å². The minimum Gasteiger partial charge on any atom is -0.256 e. The summed E-state index contributed by atoms with van der Waals surface area (Å²) in [5.41, 5.74) is 11.5. The van der Waals surface area contributed by atoms with Crippen LogP contribution in [0.4, 0.5) is 0 Å². The predicted octanol–water partition coefficient (Wildman–Crippen LogP) is 14.0. The van der Waals surface area contributed by atoms with Crippen LogP contribution in [-0.2, 0) is 0 Å². The summed E-state index contributed by atoms with van der Waals surface area (Å²) in [6, 6.07) is 70.4. The van der Waals surface area contributed by atoms with Crippen molar-refractivity contribution in [1.29, 1.82) is 0 Å². The van der Waals surface area contributed by atoms with Gasteiger partial charge in [-0.1, -0.05) is 152 Å². The lowest BCUT2D eigenvalue weighted by Crippen LogP contribution is -1.89. The maximum absolute atomic E-state index is 5.01. The predicted molar refractivity (Wildman–Crippen MR) is 221 cm³/mol. The standard InChI is InChI=1S/C51H33N/c1-3-11-38-27-40(23-17-34(38)9-1)44-29-45(41-24-18-35-10-2-4-12-39(35)28-41)31-46(30-44)43-25-26-51(52-33-43)37-21-19-36(20-22-37)50-32-42-13-5-6-14-47(42)48-15-7-8-16-49(48)50/h1-33H. The molecule has 0 spiro atoms. The second-order valence-corrected chi connectivity index (χ2v) is 13.6. The maximum atomic E-state index is 5.01. The van der Waals surface area contributed by atoms with E-state index in [1.54, 1.807) is 0 Å². The number of hydrogen-bond acceptors (Lipinski definition) is 1. The molecule has 0 amide bonds. The molecule has 0 aliphatic carbocycles. The van der Waals surface area contributed by atoms with Gasteiger partial charge in [-0.25, -0.2) is 0 Å². The fraction of sp³-hybridized carbons (Fsp3) is 0. The number of pyridine rings is 1. The quantitative estimate of drug-likeness (QED) is 0.168. The van der Waals surface area contributed by atoms with Gasteiger partial charge in [-0.3, -0.25) is 4.98 Å². The molecule has 0 saturated heterocycles. The molecule has 0 atom stereocenters. The lowest BCUT2D eigenvalue weighted by Gasteiger charge is -2.13. The molecule has 0 N–H and O–H groups in total. The lowest BCUT2D eigenvalue weighted by molar-refractivity contribution is 1.32. The summed E-state index contributed by atoms with van der Waals surface area (Å²) in [4.78, 5) is 5.01. The fourth-order valence-corrected chi connectivity index (χ4v) is 7.71. The molecule has 0 aliphatic rings. The van der Waals surface area contributed by atoms with Crippen molar-refractivity contribution in [1.82, 2.24) is 4.98 Å². The average molecular weight is 660 g/mol. The molecule has 0 saturated carbocycles. The van der Waals surface area contributed by atoms with Crippen LogP contribution in [0, 0.1) is 0 Å². The van der Waals surface area contributed by atoms with E-state index in [0.717, 1.165) is 22.4 Å². The zero-order chi connectivity index (χ0) is 34.4.